The summed E-state index contributed by atoms with van der Waals surface area (Å²) in [6, 6.07) is 13.9. The Balaban J connectivity index is 2.07. The highest BCUT2D eigenvalue weighted by atomic mass is 16.6. The average Bonchev–Trinajstić information content (AvgIpc) is 2.81. The molecule has 0 radical (unpaired) electrons. The first-order valence-corrected chi connectivity index (χ1v) is 7.49. The van der Waals surface area contributed by atoms with Crippen molar-refractivity contribution < 1.29 is 9.72 Å². The lowest BCUT2D eigenvalue weighted by molar-refractivity contribution is -0.384. The van der Waals surface area contributed by atoms with Crippen LogP contribution >= 0.6 is 0 Å². The molecular weight excluding hydrogens is 292 g/mol. The number of fused-ring (bicyclic) bond motifs is 1. The number of nitro groups is 1. The minimum atomic E-state index is -0.435. The average molecular weight is 308 g/mol. The number of hydrogen-bond donors (Lipinski definition) is 0. The molecule has 0 saturated carbocycles. The molecule has 1 aliphatic rings. The van der Waals surface area contributed by atoms with Gasteiger partial charge in [0.1, 0.15) is 0 Å². The molecule has 5 heteroatoms. The van der Waals surface area contributed by atoms with Crippen LogP contribution in [0.5, 0.6) is 0 Å². The summed E-state index contributed by atoms with van der Waals surface area (Å²) in [5, 5.41) is 10.9. The Hall–Kier alpha value is -2.95. The highest BCUT2D eigenvalue weighted by Gasteiger charge is 2.31. The summed E-state index contributed by atoms with van der Waals surface area (Å²) >= 11 is 0. The third-order valence-corrected chi connectivity index (χ3v) is 3.80. The minimum Gasteiger partial charge on any atom is -0.308 e. The fraction of sp³-hybridized carbons (Fsp3) is 0.167. The van der Waals surface area contributed by atoms with Crippen molar-refractivity contribution in [3.05, 3.63) is 69.8 Å². The molecule has 0 aromatic heterocycles. The normalized spacial score (nSPS) is 15.1. The van der Waals surface area contributed by atoms with Crippen molar-refractivity contribution in [2.75, 3.05) is 11.4 Å². The number of nitrogens with zero attached hydrogens (tertiary/aromatic N) is 2. The van der Waals surface area contributed by atoms with Crippen molar-refractivity contribution in [2.24, 2.45) is 0 Å². The Labute approximate surface area is 134 Å². The van der Waals surface area contributed by atoms with Gasteiger partial charge in [0.05, 0.1) is 10.6 Å². The van der Waals surface area contributed by atoms with E-state index in [9.17, 15) is 14.9 Å². The van der Waals surface area contributed by atoms with Gasteiger partial charge in [-0.05, 0) is 24.1 Å². The van der Waals surface area contributed by atoms with Gasteiger partial charge in [-0.1, -0.05) is 37.3 Å². The van der Waals surface area contributed by atoms with Crippen LogP contribution in [-0.2, 0) is 4.79 Å². The van der Waals surface area contributed by atoms with E-state index in [0.717, 1.165) is 17.7 Å². The summed E-state index contributed by atoms with van der Waals surface area (Å²) in [6.45, 7) is 2.68. The third kappa shape index (κ3) is 2.73. The summed E-state index contributed by atoms with van der Waals surface area (Å²) in [5.74, 6) is -0.0560. The van der Waals surface area contributed by atoms with E-state index < -0.39 is 4.92 Å². The van der Waals surface area contributed by atoms with Crippen molar-refractivity contribution in [3.8, 4) is 0 Å². The Kier molecular flexibility index (Phi) is 3.93. The Morgan fingerprint density at radius 1 is 1.17 bits per heavy atom. The fourth-order valence-corrected chi connectivity index (χ4v) is 2.79. The van der Waals surface area contributed by atoms with Gasteiger partial charge in [-0.25, -0.2) is 0 Å². The molecule has 5 nitrogen and oxygen atoms in total. The quantitative estimate of drug-likeness (QED) is 0.489. The number of nitro benzene ring substituents is 1. The van der Waals surface area contributed by atoms with Gasteiger partial charge >= 0.3 is 0 Å². The molecule has 116 valence electrons. The first kappa shape index (κ1) is 15.0. The summed E-state index contributed by atoms with van der Waals surface area (Å²) in [4.78, 5) is 24.9. The maximum Gasteiger partial charge on any atom is 0.270 e. The minimum absolute atomic E-state index is 0.0171. The molecule has 1 aliphatic heterocycles. The SMILES string of the molecule is CCCN1C(=O)/C(=C\c2cccc([N+](=O)[O-])c2)c2ccccc21. The van der Waals surface area contributed by atoms with E-state index >= 15 is 0 Å². The number of carbonyl (C=O) groups excluding carboxylic acids is 1. The number of benzene rings is 2. The highest BCUT2D eigenvalue weighted by Crippen LogP contribution is 2.37. The summed E-state index contributed by atoms with van der Waals surface area (Å²) < 4.78 is 0. The zero-order valence-corrected chi connectivity index (χ0v) is 12.7. The van der Waals surface area contributed by atoms with Crippen LogP contribution in [0.4, 0.5) is 11.4 Å². The lowest BCUT2D eigenvalue weighted by Gasteiger charge is -2.15. The number of rotatable bonds is 4. The van der Waals surface area contributed by atoms with Crippen LogP contribution in [0.2, 0.25) is 0 Å². The van der Waals surface area contributed by atoms with E-state index in [0.29, 0.717) is 17.7 Å². The smallest absolute Gasteiger partial charge is 0.270 e. The molecule has 0 bridgehead atoms. The van der Waals surface area contributed by atoms with Crippen LogP contribution in [0.25, 0.3) is 11.6 Å². The first-order valence-electron chi connectivity index (χ1n) is 7.49. The number of non-ortho nitro benzene ring substituents is 1. The van der Waals surface area contributed by atoms with Crippen LogP contribution in [0.1, 0.15) is 24.5 Å². The second kappa shape index (κ2) is 6.04. The lowest BCUT2D eigenvalue weighted by Crippen LogP contribution is -2.26. The predicted molar refractivity (Wildman–Crippen MR) is 90.1 cm³/mol. The molecule has 0 saturated heterocycles. The van der Waals surface area contributed by atoms with Gasteiger partial charge < -0.3 is 4.90 Å². The zero-order chi connectivity index (χ0) is 16.4. The fourth-order valence-electron chi connectivity index (χ4n) is 2.79. The molecule has 23 heavy (non-hydrogen) atoms. The Bertz CT molecular complexity index is 811. The standard InChI is InChI=1S/C18H16N2O3/c1-2-10-19-17-9-4-3-8-15(17)16(18(19)21)12-13-6-5-7-14(11-13)20(22)23/h3-9,11-12H,2,10H2,1H3/b16-12-. The molecule has 0 spiro atoms. The number of anilines is 1. The van der Waals surface area contributed by atoms with E-state index in [1.807, 2.05) is 31.2 Å². The number of amides is 1. The van der Waals surface area contributed by atoms with Crippen molar-refractivity contribution in [3.63, 3.8) is 0 Å². The van der Waals surface area contributed by atoms with Crippen molar-refractivity contribution >= 4 is 28.9 Å². The van der Waals surface area contributed by atoms with E-state index in [4.69, 9.17) is 0 Å². The van der Waals surface area contributed by atoms with E-state index in [1.54, 1.807) is 23.1 Å². The molecule has 0 N–H and O–H groups in total. The molecule has 0 unspecified atom stereocenters. The molecular formula is C18H16N2O3. The number of para-hydroxylation sites is 1. The first-order chi connectivity index (χ1) is 11.1. The highest BCUT2D eigenvalue weighted by molar-refractivity contribution is 6.35. The molecule has 2 aromatic carbocycles. The van der Waals surface area contributed by atoms with Crippen LogP contribution in [0, 0.1) is 10.1 Å². The third-order valence-electron chi connectivity index (χ3n) is 3.80. The van der Waals surface area contributed by atoms with Gasteiger partial charge in [0.15, 0.2) is 0 Å². The van der Waals surface area contributed by atoms with Crippen LogP contribution in [-0.4, -0.2) is 17.4 Å². The topological polar surface area (TPSA) is 63.5 Å². The van der Waals surface area contributed by atoms with Crippen molar-refractivity contribution in [2.45, 2.75) is 13.3 Å². The van der Waals surface area contributed by atoms with E-state index in [1.165, 1.54) is 12.1 Å². The maximum absolute atomic E-state index is 12.7. The lowest BCUT2D eigenvalue weighted by atomic mass is 10.0. The van der Waals surface area contributed by atoms with Gasteiger partial charge in [0.2, 0.25) is 0 Å². The summed E-state index contributed by atoms with van der Waals surface area (Å²) in [6.07, 6.45) is 2.59. The summed E-state index contributed by atoms with van der Waals surface area (Å²) in [5.41, 5.74) is 3.02. The van der Waals surface area contributed by atoms with Crippen LogP contribution in [0.3, 0.4) is 0 Å². The van der Waals surface area contributed by atoms with E-state index in [2.05, 4.69) is 0 Å². The van der Waals surface area contributed by atoms with Gasteiger partial charge in [0, 0.05) is 29.8 Å². The largest absolute Gasteiger partial charge is 0.308 e. The molecule has 2 aromatic rings. The molecule has 3 rings (SSSR count). The van der Waals surface area contributed by atoms with Gasteiger partial charge in [-0.3, -0.25) is 14.9 Å². The number of hydrogen-bond acceptors (Lipinski definition) is 3. The van der Waals surface area contributed by atoms with Gasteiger partial charge in [0.25, 0.3) is 11.6 Å². The van der Waals surface area contributed by atoms with Crippen molar-refractivity contribution in [1.29, 1.82) is 0 Å². The predicted octanol–water partition coefficient (Wildman–Crippen LogP) is 3.89. The van der Waals surface area contributed by atoms with Crippen LogP contribution in [0.15, 0.2) is 48.5 Å². The second-order valence-corrected chi connectivity index (χ2v) is 5.38. The number of carbonyl (C=O) groups is 1. The maximum atomic E-state index is 12.7. The molecule has 0 atom stereocenters. The van der Waals surface area contributed by atoms with E-state index in [-0.39, 0.29) is 11.6 Å². The monoisotopic (exact) mass is 308 g/mol. The molecule has 0 aliphatic carbocycles. The second-order valence-electron chi connectivity index (χ2n) is 5.38. The van der Waals surface area contributed by atoms with Gasteiger partial charge in [-0.15, -0.1) is 0 Å². The zero-order valence-electron chi connectivity index (χ0n) is 12.7. The summed E-state index contributed by atoms with van der Waals surface area (Å²) in [7, 11) is 0. The molecule has 1 heterocycles. The van der Waals surface area contributed by atoms with Crippen LogP contribution < -0.4 is 4.90 Å². The Morgan fingerprint density at radius 3 is 2.70 bits per heavy atom. The Morgan fingerprint density at radius 2 is 1.96 bits per heavy atom. The van der Waals surface area contributed by atoms with Crippen molar-refractivity contribution in [1.82, 2.24) is 0 Å². The van der Waals surface area contributed by atoms with Gasteiger partial charge in [-0.2, -0.15) is 0 Å². The molecule has 0 fully saturated rings. The molecule has 1 amide bonds.